The van der Waals surface area contributed by atoms with Crippen LogP contribution in [-0.2, 0) is 4.79 Å². The second kappa shape index (κ2) is 4.72. The van der Waals surface area contributed by atoms with Gasteiger partial charge in [-0.3, -0.25) is 4.79 Å². The number of amides is 1. The van der Waals surface area contributed by atoms with Gasteiger partial charge in [-0.05, 0) is 25.5 Å². The topological polar surface area (TPSA) is 55.1 Å². The third-order valence-electron chi connectivity index (χ3n) is 1.96. The molecule has 1 amide bonds. The monoisotopic (exact) mass is 188 g/mol. The highest BCUT2D eigenvalue weighted by molar-refractivity contribution is 8.00. The van der Waals surface area contributed by atoms with Crippen LogP contribution in [0.1, 0.15) is 19.8 Å². The van der Waals surface area contributed by atoms with Crippen LogP contribution in [0.25, 0.3) is 0 Å². The number of thioether (sulfide) groups is 1. The summed E-state index contributed by atoms with van der Waals surface area (Å²) >= 11 is 1.75. The number of hydrogen-bond acceptors (Lipinski definition) is 3. The molecule has 1 fully saturated rings. The Morgan fingerprint density at radius 3 is 3.08 bits per heavy atom. The van der Waals surface area contributed by atoms with Crippen LogP contribution in [0.2, 0.25) is 0 Å². The first-order valence-corrected chi connectivity index (χ1v) is 5.41. The van der Waals surface area contributed by atoms with Gasteiger partial charge in [0.25, 0.3) is 0 Å². The van der Waals surface area contributed by atoms with Crippen molar-refractivity contribution in [2.75, 3.05) is 12.3 Å². The first-order valence-electron chi connectivity index (χ1n) is 4.36. The lowest BCUT2D eigenvalue weighted by Gasteiger charge is -2.14. The lowest BCUT2D eigenvalue weighted by molar-refractivity contribution is -0.121. The van der Waals surface area contributed by atoms with Crippen molar-refractivity contribution < 1.29 is 4.79 Å². The van der Waals surface area contributed by atoms with Crippen molar-refractivity contribution in [2.24, 2.45) is 5.73 Å². The lowest BCUT2D eigenvalue weighted by atomic mass is 10.2. The van der Waals surface area contributed by atoms with E-state index in [-0.39, 0.29) is 17.2 Å². The molecule has 3 N–H and O–H groups in total. The van der Waals surface area contributed by atoms with Crippen LogP contribution in [0.5, 0.6) is 0 Å². The molecule has 3 nitrogen and oxygen atoms in total. The number of nitrogens with two attached hydrogens (primary N) is 1. The van der Waals surface area contributed by atoms with Crippen molar-refractivity contribution in [1.29, 1.82) is 0 Å². The fourth-order valence-electron chi connectivity index (χ4n) is 1.18. The van der Waals surface area contributed by atoms with Crippen LogP contribution in [-0.4, -0.2) is 29.5 Å². The zero-order valence-electron chi connectivity index (χ0n) is 7.38. The maximum atomic E-state index is 11.4. The smallest absolute Gasteiger partial charge is 0.233 e. The largest absolute Gasteiger partial charge is 0.351 e. The average molecular weight is 188 g/mol. The van der Waals surface area contributed by atoms with Crippen molar-refractivity contribution in [3.8, 4) is 0 Å². The van der Waals surface area contributed by atoms with E-state index in [2.05, 4.69) is 5.32 Å². The molecule has 0 aromatic heterocycles. The van der Waals surface area contributed by atoms with Crippen molar-refractivity contribution >= 4 is 17.7 Å². The molecule has 1 aliphatic rings. The number of carbonyl (C=O) groups excluding carboxylic acids is 1. The van der Waals surface area contributed by atoms with Gasteiger partial charge in [-0.15, -0.1) is 11.8 Å². The Morgan fingerprint density at radius 2 is 2.58 bits per heavy atom. The maximum absolute atomic E-state index is 11.4. The Labute approximate surface area is 77.5 Å². The summed E-state index contributed by atoms with van der Waals surface area (Å²) in [6.45, 7) is 2.45. The van der Waals surface area contributed by atoms with E-state index in [1.165, 1.54) is 6.42 Å². The second-order valence-corrected chi connectivity index (χ2v) is 4.46. The summed E-state index contributed by atoms with van der Waals surface area (Å²) in [6, 6.07) is 0.110. The van der Waals surface area contributed by atoms with Crippen LogP contribution in [0.4, 0.5) is 0 Å². The average Bonchev–Trinajstić information content (AvgIpc) is 2.56. The molecule has 0 saturated carbocycles. The standard InChI is InChI=1S/C8H16N2OS/c1-6(5-9)10-8(11)7-3-2-4-12-7/h6-7H,2-5,9H2,1H3,(H,10,11)/t6-,7?/m1/s1. The van der Waals surface area contributed by atoms with Crippen LogP contribution in [0, 0.1) is 0 Å². The third kappa shape index (κ3) is 2.68. The Balaban J connectivity index is 2.27. The highest BCUT2D eigenvalue weighted by Crippen LogP contribution is 2.25. The van der Waals surface area contributed by atoms with Gasteiger partial charge >= 0.3 is 0 Å². The van der Waals surface area contributed by atoms with E-state index in [0.717, 1.165) is 12.2 Å². The minimum absolute atomic E-state index is 0.110. The molecule has 1 aliphatic heterocycles. The molecular formula is C8H16N2OS. The highest BCUT2D eigenvalue weighted by Gasteiger charge is 2.23. The Kier molecular flexibility index (Phi) is 3.88. The van der Waals surface area contributed by atoms with E-state index in [0.29, 0.717) is 6.54 Å². The Bertz CT molecular complexity index is 157. The van der Waals surface area contributed by atoms with E-state index >= 15 is 0 Å². The van der Waals surface area contributed by atoms with Crippen LogP contribution < -0.4 is 11.1 Å². The van der Waals surface area contributed by atoms with E-state index < -0.39 is 0 Å². The number of rotatable bonds is 3. The second-order valence-electron chi connectivity index (χ2n) is 3.15. The van der Waals surface area contributed by atoms with Gasteiger partial charge in [0.05, 0.1) is 5.25 Å². The van der Waals surface area contributed by atoms with Crippen molar-refractivity contribution in [2.45, 2.75) is 31.1 Å². The quantitative estimate of drug-likeness (QED) is 0.672. The fraction of sp³-hybridized carbons (Fsp3) is 0.875. The molecule has 0 spiro atoms. The normalized spacial score (nSPS) is 25.3. The maximum Gasteiger partial charge on any atom is 0.233 e. The Hall–Kier alpha value is -0.220. The van der Waals surface area contributed by atoms with Gasteiger partial charge < -0.3 is 11.1 Å². The summed E-state index contributed by atoms with van der Waals surface area (Å²) in [4.78, 5) is 11.4. The Morgan fingerprint density at radius 1 is 1.83 bits per heavy atom. The van der Waals surface area contributed by atoms with Crippen molar-refractivity contribution in [3.05, 3.63) is 0 Å². The summed E-state index contributed by atoms with van der Waals surface area (Å²) in [6.07, 6.45) is 2.19. The molecule has 70 valence electrons. The van der Waals surface area contributed by atoms with Gasteiger partial charge in [-0.2, -0.15) is 0 Å². The molecule has 1 saturated heterocycles. The van der Waals surface area contributed by atoms with Gasteiger partial charge in [-0.1, -0.05) is 0 Å². The molecule has 0 bridgehead atoms. The number of carbonyl (C=O) groups is 1. The highest BCUT2D eigenvalue weighted by atomic mass is 32.2. The molecule has 1 unspecified atom stereocenters. The molecule has 4 heteroatoms. The predicted molar refractivity (Wildman–Crippen MR) is 52.1 cm³/mol. The molecule has 1 heterocycles. The summed E-state index contributed by atoms with van der Waals surface area (Å²) in [5.74, 6) is 1.28. The van der Waals surface area contributed by atoms with Crippen molar-refractivity contribution in [3.63, 3.8) is 0 Å². The van der Waals surface area contributed by atoms with E-state index in [9.17, 15) is 4.79 Å². The molecular weight excluding hydrogens is 172 g/mol. The summed E-state index contributed by atoms with van der Waals surface area (Å²) in [7, 11) is 0. The molecule has 2 atom stereocenters. The zero-order chi connectivity index (χ0) is 8.97. The van der Waals surface area contributed by atoms with Crippen LogP contribution in [0.3, 0.4) is 0 Å². The van der Waals surface area contributed by atoms with Crippen LogP contribution in [0.15, 0.2) is 0 Å². The first kappa shape index (κ1) is 9.86. The minimum atomic E-state index is 0.110. The van der Waals surface area contributed by atoms with Crippen molar-refractivity contribution in [1.82, 2.24) is 5.32 Å². The van der Waals surface area contributed by atoms with Gasteiger partial charge in [0.1, 0.15) is 0 Å². The fourth-order valence-corrected chi connectivity index (χ4v) is 2.35. The van der Waals surface area contributed by atoms with Gasteiger partial charge in [0.15, 0.2) is 0 Å². The summed E-state index contributed by atoms with van der Waals surface area (Å²) in [5.41, 5.74) is 5.40. The number of nitrogens with one attached hydrogen (secondary N) is 1. The molecule has 0 aromatic carbocycles. The molecule has 12 heavy (non-hydrogen) atoms. The SMILES string of the molecule is C[C@H](CN)NC(=O)C1CCCS1. The first-order chi connectivity index (χ1) is 5.74. The third-order valence-corrected chi connectivity index (χ3v) is 3.34. The molecule has 0 radical (unpaired) electrons. The molecule has 1 rings (SSSR count). The van der Waals surface area contributed by atoms with E-state index in [1.807, 2.05) is 6.92 Å². The van der Waals surface area contributed by atoms with Crippen LogP contribution >= 0.6 is 11.8 Å². The minimum Gasteiger partial charge on any atom is -0.351 e. The van der Waals surface area contributed by atoms with Gasteiger partial charge in [0.2, 0.25) is 5.91 Å². The summed E-state index contributed by atoms with van der Waals surface area (Å²) in [5, 5.41) is 3.07. The molecule has 0 aromatic rings. The summed E-state index contributed by atoms with van der Waals surface area (Å²) < 4.78 is 0. The van der Waals surface area contributed by atoms with E-state index in [1.54, 1.807) is 11.8 Å². The lowest BCUT2D eigenvalue weighted by Crippen LogP contribution is -2.41. The van der Waals surface area contributed by atoms with Gasteiger partial charge in [-0.25, -0.2) is 0 Å². The predicted octanol–water partition coefficient (Wildman–Crippen LogP) is 0.345. The van der Waals surface area contributed by atoms with Gasteiger partial charge in [0, 0.05) is 12.6 Å². The zero-order valence-corrected chi connectivity index (χ0v) is 8.19. The number of hydrogen-bond donors (Lipinski definition) is 2. The van der Waals surface area contributed by atoms with E-state index in [4.69, 9.17) is 5.73 Å². The molecule has 0 aliphatic carbocycles.